The molecule has 0 spiro atoms. The van der Waals surface area contributed by atoms with Gasteiger partial charge in [-0.2, -0.15) is 13.2 Å². The van der Waals surface area contributed by atoms with Crippen molar-refractivity contribution in [3.05, 3.63) is 29.8 Å². The molecule has 7 heteroatoms. The molecule has 128 valence electrons. The van der Waals surface area contributed by atoms with Gasteiger partial charge in [-0.25, -0.2) is 4.79 Å². The van der Waals surface area contributed by atoms with Crippen LogP contribution >= 0.6 is 0 Å². The Labute approximate surface area is 133 Å². The van der Waals surface area contributed by atoms with Gasteiger partial charge in [0.2, 0.25) is 0 Å². The van der Waals surface area contributed by atoms with Gasteiger partial charge in [-0.1, -0.05) is 31.4 Å². The maximum absolute atomic E-state index is 12.4. The van der Waals surface area contributed by atoms with Crippen LogP contribution in [-0.4, -0.2) is 29.5 Å². The fourth-order valence-electron chi connectivity index (χ4n) is 2.80. The van der Waals surface area contributed by atoms with Crippen LogP contribution in [0.15, 0.2) is 24.3 Å². The van der Waals surface area contributed by atoms with E-state index in [0.717, 1.165) is 19.3 Å². The lowest BCUT2D eigenvalue weighted by atomic mass is 9.85. The molecule has 1 aromatic carbocycles. The first-order chi connectivity index (χ1) is 10.8. The summed E-state index contributed by atoms with van der Waals surface area (Å²) >= 11 is 0. The van der Waals surface area contributed by atoms with Gasteiger partial charge in [0.25, 0.3) is 0 Å². The van der Waals surface area contributed by atoms with Crippen molar-refractivity contribution in [1.29, 1.82) is 0 Å². The number of rotatable bonds is 4. The standard InChI is InChI=1S/C16H21F3N2O2/c17-16(18,19)10-12-5-4-6-13(9-12)21-14(22)20-11-15(23)7-2-1-3-8-15/h4-6,9,23H,1-3,7-8,10-11H2,(H2,20,21,22). The molecule has 1 saturated carbocycles. The van der Waals surface area contributed by atoms with Gasteiger partial charge in [-0.15, -0.1) is 0 Å². The fourth-order valence-corrected chi connectivity index (χ4v) is 2.80. The number of amides is 2. The molecule has 3 N–H and O–H groups in total. The van der Waals surface area contributed by atoms with Crippen LogP contribution in [0.4, 0.5) is 23.7 Å². The Bertz CT molecular complexity index is 540. The Morgan fingerprint density at radius 1 is 1.22 bits per heavy atom. The molecule has 1 aliphatic carbocycles. The summed E-state index contributed by atoms with van der Waals surface area (Å²) in [5, 5.41) is 15.4. The van der Waals surface area contributed by atoms with Gasteiger partial charge in [0, 0.05) is 12.2 Å². The van der Waals surface area contributed by atoms with Crippen LogP contribution in [0.2, 0.25) is 0 Å². The van der Waals surface area contributed by atoms with Crippen LogP contribution in [0.3, 0.4) is 0 Å². The van der Waals surface area contributed by atoms with E-state index < -0.39 is 24.2 Å². The third-order valence-corrected chi connectivity index (χ3v) is 3.95. The number of hydrogen-bond donors (Lipinski definition) is 3. The third-order valence-electron chi connectivity index (χ3n) is 3.95. The molecule has 23 heavy (non-hydrogen) atoms. The molecule has 1 aromatic rings. The minimum absolute atomic E-state index is 0.0845. The second-order valence-corrected chi connectivity index (χ2v) is 6.09. The molecule has 0 atom stereocenters. The molecule has 0 aliphatic heterocycles. The van der Waals surface area contributed by atoms with E-state index >= 15 is 0 Å². The highest BCUT2D eigenvalue weighted by molar-refractivity contribution is 5.89. The van der Waals surface area contributed by atoms with Gasteiger partial charge < -0.3 is 15.7 Å². The minimum atomic E-state index is -4.29. The Morgan fingerprint density at radius 3 is 2.57 bits per heavy atom. The van der Waals surface area contributed by atoms with Crippen molar-refractivity contribution < 1.29 is 23.1 Å². The molecule has 0 aromatic heterocycles. The first-order valence-electron chi connectivity index (χ1n) is 7.69. The van der Waals surface area contributed by atoms with E-state index in [4.69, 9.17) is 0 Å². The number of anilines is 1. The van der Waals surface area contributed by atoms with E-state index in [-0.39, 0.29) is 12.1 Å². The average molecular weight is 330 g/mol. The lowest BCUT2D eigenvalue weighted by molar-refractivity contribution is -0.127. The average Bonchev–Trinajstić information content (AvgIpc) is 2.45. The SMILES string of the molecule is O=C(NCC1(O)CCCCC1)Nc1cccc(CC(F)(F)F)c1. The zero-order chi connectivity index (χ0) is 16.9. The van der Waals surface area contributed by atoms with Gasteiger partial charge in [-0.05, 0) is 30.5 Å². The number of aliphatic hydroxyl groups is 1. The lowest BCUT2D eigenvalue weighted by Gasteiger charge is -2.32. The van der Waals surface area contributed by atoms with Gasteiger partial charge in [-0.3, -0.25) is 0 Å². The molecule has 0 saturated heterocycles. The van der Waals surface area contributed by atoms with Gasteiger partial charge in [0.15, 0.2) is 0 Å². The predicted octanol–water partition coefficient (Wildman–Crippen LogP) is 3.61. The highest BCUT2D eigenvalue weighted by Gasteiger charge is 2.29. The van der Waals surface area contributed by atoms with E-state index in [2.05, 4.69) is 10.6 Å². The summed E-state index contributed by atoms with van der Waals surface area (Å²) in [5.74, 6) is 0. The number of carbonyl (C=O) groups excluding carboxylic acids is 1. The summed E-state index contributed by atoms with van der Waals surface area (Å²) in [6.45, 7) is 0.140. The molecule has 0 heterocycles. The summed E-state index contributed by atoms with van der Waals surface area (Å²) in [5.41, 5.74) is -0.505. The molecular formula is C16H21F3N2O2. The van der Waals surface area contributed by atoms with Crippen molar-refractivity contribution in [2.24, 2.45) is 0 Å². The fraction of sp³-hybridized carbons (Fsp3) is 0.562. The molecule has 1 aliphatic rings. The zero-order valence-corrected chi connectivity index (χ0v) is 12.7. The van der Waals surface area contributed by atoms with E-state index in [1.807, 2.05) is 0 Å². The number of halogens is 3. The smallest absolute Gasteiger partial charge is 0.388 e. The van der Waals surface area contributed by atoms with Crippen molar-refractivity contribution in [2.75, 3.05) is 11.9 Å². The normalized spacial score (nSPS) is 17.6. The number of alkyl halides is 3. The zero-order valence-electron chi connectivity index (χ0n) is 12.7. The second-order valence-electron chi connectivity index (χ2n) is 6.09. The lowest BCUT2D eigenvalue weighted by Crippen LogP contribution is -2.45. The van der Waals surface area contributed by atoms with Crippen molar-refractivity contribution in [3.63, 3.8) is 0 Å². The second kappa shape index (κ2) is 7.21. The van der Waals surface area contributed by atoms with E-state index in [1.165, 1.54) is 24.3 Å². The Balaban J connectivity index is 1.86. The maximum atomic E-state index is 12.4. The van der Waals surface area contributed by atoms with E-state index in [1.54, 1.807) is 0 Å². The van der Waals surface area contributed by atoms with Crippen molar-refractivity contribution in [1.82, 2.24) is 5.32 Å². The van der Waals surface area contributed by atoms with E-state index in [0.29, 0.717) is 18.5 Å². The topological polar surface area (TPSA) is 61.4 Å². The highest BCUT2D eigenvalue weighted by atomic mass is 19.4. The number of hydrogen-bond acceptors (Lipinski definition) is 2. The van der Waals surface area contributed by atoms with E-state index in [9.17, 15) is 23.1 Å². The summed E-state index contributed by atoms with van der Waals surface area (Å²) < 4.78 is 37.1. The van der Waals surface area contributed by atoms with Crippen LogP contribution < -0.4 is 10.6 Å². The summed E-state index contributed by atoms with van der Waals surface area (Å²) in [6.07, 6.45) is -1.09. The molecule has 0 bridgehead atoms. The van der Waals surface area contributed by atoms with Crippen molar-refractivity contribution in [2.45, 2.75) is 50.3 Å². The summed E-state index contributed by atoms with van der Waals surface area (Å²) in [6, 6.07) is 5.11. The monoisotopic (exact) mass is 330 g/mol. The maximum Gasteiger partial charge on any atom is 0.393 e. The Kier molecular flexibility index (Phi) is 5.51. The first kappa shape index (κ1) is 17.6. The van der Waals surface area contributed by atoms with Gasteiger partial charge >= 0.3 is 12.2 Å². The minimum Gasteiger partial charge on any atom is -0.388 e. The first-order valence-corrected chi connectivity index (χ1v) is 7.69. The molecular weight excluding hydrogens is 309 g/mol. The molecule has 2 amide bonds. The quantitative estimate of drug-likeness (QED) is 0.790. The molecule has 0 unspecified atom stereocenters. The highest BCUT2D eigenvalue weighted by Crippen LogP contribution is 2.27. The molecule has 4 nitrogen and oxygen atoms in total. The van der Waals surface area contributed by atoms with Crippen LogP contribution in [-0.2, 0) is 6.42 Å². The molecule has 2 rings (SSSR count). The third kappa shape index (κ3) is 6.09. The van der Waals surface area contributed by atoms with Crippen LogP contribution in [0.25, 0.3) is 0 Å². The summed E-state index contributed by atoms with van der Waals surface area (Å²) in [4.78, 5) is 11.8. The summed E-state index contributed by atoms with van der Waals surface area (Å²) in [7, 11) is 0. The van der Waals surface area contributed by atoms with Crippen molar-refractivity contribution in [3.8, 4) is 0 Å². The predicted molar refractivity (Wildman–Crippen MR) is 81.3 cm³/mol. The van der Waals surface area contributed by atoms with Crippen LogP contribution in [0.5, 0.6) is 0 Å². The molecule has 0 radical (unpaired) electrons. The Morgan fingerprint density at radius 2 is 1.91 bits per heavy atom. The Hall–Kier alpha value is -1.76. The number of urea groups is 1. The number of benzene rings is 1. The largest absolute Gasteiger partial charge is 0.393 e. The van der Waals surface area contributed by atoms with Crippen LogP contribution in [0, 0.1) is 0 Å². The van der Waals surface area contributed by atoms with Gasteiger partial charge in [0.1, 0.15) is 0 Å². The van der Waals surface area contributed by atoms with Gasteiger partial charge in [0.05, 0.1) is 12.0 Å². The van der Waals surface area contributed by atoms with Crippen LogP contribution in [0.1, 0.15) is 37.7 Å². The number of carbonyl (C=O) groups is 1. The van der Waals surface area contributed by atoms with Crippen molar-refractivity contribution >= 4 is 11.7 Å². The number of nitrogens with one attached hydrogen (secondary N) is 2. The molecule has 1 fully saturated rings.